The van der Waals surface area contributed by atoms with Crippen LogP contribution in [0.4, 0.5) is 0 Å². The van der Waals surface area contributed by atoms with Gasteiger partial charge in [0.1, 0.15) is 34.5 Å². The van der Waals surface area contributed by atoms with E-state index in [0.717, 1.165) is 0 Å². The van der Waals surface area contributed by atoms with Gasteiger partial charge < -0.3 is 29.9 Å². The van der Waals surface area contributed by atoms with Gasteiger partial charge in [-0.25, -0.2) is 4.79 Å². The number of carbonyl (C=O) groups excluding carboxylic acids is 1. The number of phenolic OH excluding ortho intramolecular Hbond substituents is 4. The first kappa shape index (κ1) is 20.7. The number of benzene rings is 4. The molecular weight excluding hydrogens is 654 g/mol. The summed E-state index contributed by atoms with van der Waals surface area (Å²) in [5.74, 6) is -0.425. The van der Waals surface area contributed by atoms with E-state index in [4.69, 9.17) is 9.47 Å². The van der Waals surface area contributed by atoms with Crippen LogP contribution < -0.4 is 4.74 Å². The van der Waals surface area contributed by atoms with E-state index in [1.807, 2.05) is 45.2 Å². The SMILES string of the molecule is O=C1OC2(c3ccc(O)cc3Oc3cc(O)ccc32)c2c1c(I)c(I)c1c(O)ccc(O)c21. The molecule has 1 spiro atoms. The Morgan fingerprint density at radius 1 is 0.727 bits per heavy atom. The molecule has 6 rings (SSSR count). The van der Waals surface area contributed by atoms with Gasteiger partial charge in [0, 0.05) is 46.7 Å². The van der Waals surface area contributed by atoms with E-state index < -0.39 is 11.6 Å². The van der Waals surface area contributed by atoms with Crippen LogP contribution >= 0.6 is 45.2 Å². The number of phenols is 4. The molecule has 7 nitrogen and oxygen atoms in total. The minimum absolute atomic E-state index is 0.0497. The first-order chi connectivity index (χ1) is 15.7. The lowest BCUT2D eigenvalue weighted by Crippen LogP contribution is -2.33. The summed E-state index contributed by atoms with van der Waals surface area (Å²) in [7, 11) is 0. The Balaban J connectivity index is 1.88. The van der Waals surface area contributed by atoms with Gasteiger partial charge in [-0.1, -0.05) is 0 Å². The Labute approximate surface area is 213 Å². The molecule has 0 amide bonds. The second kappa shape index (κ2) is 6.79. The molecule has 0 unspecified atom stereocenters. The smallest absolute Gasteiger partial charge is 0.341 e. The predicted molar refractivity (Wildman–Crippen MR) is 134 cm³/mol. The predicted octanol–water partition coefficient (Wildman–Crippen LogP) is 5.44. The first-order valence-electron chi connectivity index (χ1n) is 9.68. The Kier molecular flexibility index (Phi) is 4.25. The fourth-order valence-corrected chi connectivity index (χ4v) is 6.29. The lowest BCUT2D eigenvalue weighted by Gasteiger charge is -2.37. The third-order valence-electron chi connectivity index (χ3n) is 6.00. The van der Waals surface area contributed by atoms with Gasteiger partial charge in [-0.05, 0) is 81.6 Å². The number of carbonyl (C=O) groups is 1. The summed E-state index contributed by atoms with van der Waals surface area (Å²) in [5.41, 5.74) is -0.0423. The topological polar surface area (TPSA) is 116 Å². The number of rotatable bonds is 0. The highest BCUT2D eigenvalue weighted by molar-refractivity contribution is 14.1. The lowest BCUT2D eigenvalue weighted by atomic mass is 9.75. The summed E-state index contributed by atoms with van der Waals surface area (Å²) in [6.45, 7) is 0. The van der Waals surface area contributed by atoms with Crippen molar-refractivity contribution in [2.45, 2.75) is 5.60 Å². The third kappa shape index (κ3) is 2.57. The van der Waals surface area contributed by atoms with Gasteiger partial charge in [-0.15, -0.1) is 0 Å². The minimum Gasteiger partial charge on any atom is -0.508 e. The zero-order valence-corrected chi connectivity index (χ0v) is 20.7. The molecule has 4 aromatic carbocycles. The fraction of sp³-hybridized carbons (Fsp3) is 0.0417. The van der Waals surface area contributed by atoms with Crippen molar-refractivity contribution >= 4 is 61.9 Å². The maximum atomic E-state index is 13.4. The van der Waals surface area contributed by atoms with Gasteiger partial charge in [0.2, 0.25) is 0 Å². The molecule has 164 valence electrons. The summed E-state index contributed by atoms with van der Waals surface area (Å²) >= 11 is 4.08. The van der Waals surface area contributed by atoms with Gasteiger partial charge in [-0.2, -0.15) is 0 Å². The fourth-order valence-electron chi connectivity index (χ4n) is 4.71. The van der Waals surface area contributed by atoms with E-state index >= 15 is 0 Å². The van der Waals surface area contributed by atoms with Crippen LogP contribution in [0.15, 0.2) is 48.5 Å². The van der Waals surface area contributed by atoms with Crippen LogP contribution in [-0.4, -0.2) is 26.4 Å². The van der Waals surface area contributed by atoms with Crippen LogP contribution in [0.3, 0.4) is 0 Å². The molecule has 0 saturated carbocycles. The maximum Gasteiger partial charge on any atom is 0.341 e. The molecule has 0 aromatic heterocycles. The zero-order valence-electron chi connectivity index (χ0n) is 16.4. The second-order valence-electron chi connectivity index (χ2n) is 7.77. The standard InChI is InChI=1S/C24H12I2O7/c25-21-18-14(30)6-5-13(29)17(18)20-19(22(21)26)23(31)33-24(20)11-3-1-9(27)7-15(11)32-16-8-10(28)2-4-12(16)24/h1-8,27-30H. The molecule has 2 heterocycles. The molecule has 0 bridgehead atoms. The van der Waals surface area contributed by atoms with Gasteiger partial charge in [0.15, 0.2) is 5.60 Å². The van der Waals surface area contributed by atoms with E-state index in [1.54, 1.807) is 12.1 Å². The van der Waals surface area contributed by atoms with Crippen molar-refractivity contribution in [1.82, 2.24) is 0 Å². The molecule has 9 heteroatoms. The van der Waals surface area contributed by atoms with Crippen LogP contribution in [0.2, 0.25) is 0 Å². The van der Waals surface area contributed by atoms with Gasteiger partial charge >= 0.3 is 5.97 Å². The quantitative estimate of drug-likeness (QED) is 0.112. The van der Waals surface area contributed by atoms with E-state index in [9.17, 15) is 25.2 Å². The Morgan fingerprint density at radius 3 is 1.85 bits per heavy atom. The lowest BCUT2D eigenvalue weighted by molar-refractivity contribution is 0.0226. The molecule has 33 heavy (non-hydrogen) atoms. The molecule has 4 aromatic rings. The summed E-state index contributed by atoms with van der Waals surface area (Å²) in [6.07, 6.45) is 0. The third-order valence-corrected chi connectivity index (χ3v) is 9.19. The highest BCUT2D eigenvalue weighted by atomic mass is 127. The van der Waals surface area contributed by atoms with Crippen molar-refractivity contribution in [1.29, 1.82) is 0 Å². The Morgan fingerprint density at radius 2 is 1.27 bits per heavy atom. The highest BCUT2D eigenvalue weighted by Crippen LogP contribution is 2.60. The molecule has 0 aliphatic carbocycles. The average molecular weight is 666 g/mol. The molecule has 0 saturated heterocycles. The van der Waals surface area contributed by atoms with Crippen LogP contribution in [0, 0.1) is 7.14 Å². The molecule has 4 N–H and O–H groups in total. The van der Waals surface area contributed by atoms with Gasteiger partial charge in [0.05, 0.1) is 5.56 Å². The zero-order chi connectivity index (χ0) is 23.2. The largest absolute Gasteiger partial charge is 0.508 e. The number of fused-ring (bicyclic) bond motifs is 8. The van der Waals surface area contributed by atoms with Crippen LogP contribution in [0.1, 0.15) is 27.0 Å². The van der Waals surface area contributed by atoms with Crippen LogP contribution in [0.5, 0.6) is 34.5 Å². The number of hydrogen-bond donors (Lipinski definition) is 4. The van der Waals surface area contributed by atoms with E-state index in [2.05, 4.69) is 0 Å². The van der Waals surface area contributed by atoms with Crippen molar-refractivity contribution in [3.05, 3.63) is 77.9 Å². The monoisotopic (exact) mass is 666 g/mol. The van der Waals surface area contributed by atoms with Crippen LogP contribution in [-0.2, 0) is 10.3 Å². The number of hydrogen-bond acceptors (Lipinski definition) is 7. The van der Waals surface area contributed by atoms with Crippen LogP contribution in [0.25, 0.3) is 10.8 Å². The summed E-state index contributed by atoms with van der Waals surface area (Å²) < 4.78 is 13.3. The number of halogens is 2. The Hall–Kier alpha value is -2.93. The average Bonchev–Trinajstić information content (AvgIpc) is 3.06. The number of esters is 1. The summed E-state index contributed by atoms with van der Waals surface area (Å²) in [4.78, 5) is 13.4. The molecule has 0 fully saturated rings. The first-order valence-corrected chi connectivity index (χ1v) is 11.8. The molecule has 0 radical (unpaired) electrons. The van der Waals surface area contributed by atoms with E-state index in [0.29, 0.717) is 29.2 Å². The maximum absolute atomic E-state index is 13.4. The molecule has 0 atom stereocenters. The normalized spacial score (nSPS) is 15.0. The summed E-state index contributed by atoms with van der Waals surface area (Å²) in [6, 6.07) is 11.7. The van der Waals surface area contributed by atoms with E-state index in [1.165, 1.54) is 36.4 Å². The van der Waals surface area contributed by atoms with Crippen molar-refractivity contribution in [2.24, 2.45) is 0 Å². The number of ether oxygens (including phenoxy) is 2. The van der Waals surface area contributed by atoms with E-state index in [-0.39, 0.29) is 45.4 Å². The molecule has 2 aliphatic rings. The van der Waals surface area contributed by atoms with Crippen molar-refractivity contribution in [3.63, 3.8) is 0 Å². The molecule has 2 aliphatic heterocycles. The van der Waals surface area contributed by atoms with Crippen molar-refractivity contribution in [3.8, 4) is 34.5 Å². The Bertz CT molecular complexity index is 1510. The highest BCUT2D eigenvalue weighted by Gasteiger charge is 2.56. The second-order valence-corrected chi connectivity index (χ2v) is 9.92. The molecular formula is C24H12I2O7. The van der Waals surface area contributed by atoms with Crippen molar-refractivity contribution in [2.75, 3.05) is 0 Å². The number of aromatic hydroxyl groups is 4. The summed E-state index contributed by atoms with van der Waals surface area (Å²) in [5, 5.41) is 42.5. The van der Waals surface area contributed by atoms with Gasteiger partial charge in [0.25, 0.3) is 0 Å². The van der Waals surface area contributed by atoms with Crippen molar-refractivity contribution < 1.29 is 34.7 Å². The minimum atomic E-state index is -1.55. The van der Waals surface area contributed by atoms with Gasteiger partial charge in [-0.3, -0.25) is 0 Å².